The van der Waals surface area contributed by atoms with E-state index in [1.165, 1.54) is 23.5 Å². The van der Waals surface area contributed by atoms with Crippen LogP contribution in [0, 0.1) is 0 Å². The standard InChI is InChI=1S/C18H16F3NO4/c19-18(20,21)17(26)22-15(16(24)25)10-12-6-7-14(23)9-13(12)8-11-4-2-1-3-5-11/h1-7,9,15,23H,8,10H2,(H,22,26)(H,24,25)/t15-/m0/s1. The Labute approximate surface area is 147 Å². The third kappa shape index (κ3) is 5.23. The fourth-order valence-electron chi connectivity index (χ4n) is 2.45. The van der Waals surface area contributed by atoms with Crippen molar-refractivity contribution in [3.63, 3.8) is 0 Å². The van der Waals surface area contributed by atoms with Gasteiger partial charge in [-0.1, -0.05) is 36.4 Å². The summed E-state index contributed by atoms with van der Waals surface area (Å²) in [5, 5.41) is 20.3. The lowest BCUT2D eigenvalue weighted by Gasteiger charge is -2.18. The number of aliphatic carboxylic acids is 1. The van der Waals surface area contributed by atoms with Gasteiger partial charge in [-0.05, 0) is 35.2 Å². The van der Waals surface area contributed by atoms with E-state index in [2.05, 4.69) is 0 Å². The lowest BCUT2D eigenvalue weighted by Crippen LogP contribution is -2.48. The molecule has 2 rings (SSSR count). The van der Waals surface area contributed by atoms with Gasteiger partial charge in [-0.15, -0.1) is 0 Å². The quantitative estimate of drug-likeness (QED) is 0.733. The van der Waals surface area contributed by atoms with Gasteiger partial charge in [-0.25, -0.2) is 4.79 Å². The highest BCUT2D eigenvalue weighted by molar-refractivity contribution is 5.87. The van der Waals surface area contributed by atoms with Gasteiger partial charge in [-0.3, -0.25) is 4.79 Å². The highest BCUT2D eigenvalue weighted by Crippen LogP contribution is 2.22. The second-order valence-electron chi connectivity index (χ2n) is 5.68. The number of phenolic OH excluding ortho intramolecular Hbond substituents is 1. The van der Waals surface area contributed by atoms with E-state index in [4.69, 9.17) is 5.11 Å². The summed E-state index contributed by atoms with van der Waals surface area (Å²) in [6, 6.07) is 11.5. The molecule has 138 valence electrons. The average molecular weight is 367 g/mol. The van der Waals surface area contributed by atoms with Crippen molar-refractivity contribution in [3.05, 3.63) is 65.2 Å². The molecule has 1 atom stereocenters. The minimum atomic E-state index is -5.17. The van der Waals surface area contributed by atoms with Gasteiger partial charge in [0.1, 0.15) is 11.8 Å². The van der Waals surface area contributed by atoms with Crippen molar-refractivity contribution in [1.82, 2.24) is 5.32 Å². The van der Waals surface area contributed by atoms with Gasteiger partial charge in [0.15, 0.2) is 0 Å². The predicted octanol–water partition coefficient (Wildman–Crippen LogP) is 2.66. The van der Waals surface area contributed by atoms with Crippen LogP contribution in [0.25, 0.3) is 0 Å². The molecular formula is C18H16F3NO4. The zero-order valence-electron chi connectivity index (χ0n) is 13.5. The van der Waals surface area contributed by atoms with Crippen LogP contribution in [0.15, 0.2) is 48.5 Å². The molecule has 0 fully saturated rings. The molecule has 0 heterocycles. The van der Waals surface area contributed by atoms with Crippen LogP contribution >= 0.6 is 0 Å². The maximum Gasteiger partial charge on any atom is 0.471 e. The molecule has 3 N–H and O–H groups in total. The molecule has 8 heteroatoms. The van der Waals surface area contributed by atoms with Crippen LogP contribution < -0.4 is 5.32 Å². The number of benzene rings is 2. The van der Waals surface area contributed by atoms with Gasteiger partial charge in [0.25, 0.3) is 0 Å². The number of carbonyl (C=O) groups excluding carboxylic acids is 1. The molecule has 0 saturated carbocycles. The summed E-state index contributed by atoms with van der Waals surface area (Å²) in [7, 11) is 0. The van der Waals surface area contributed by atoms with Crippen LogP contribution in [0.4, 0.5) is 13.2 Å². The Morgan fingerprint density at radius 3 is 2.27 bits per heavy atom. The van der Waals surface area contributed by atoms with Crippen LogP contribution in [0.3, 0.4) is 0 Å². The smallest absolute Gasteiger partial charge is 0.471 e. The van der Waals surface area contributed by atoms with Gasteiger partial charge in [-0.2, -0.15) is 13.2 Å². The Hall–Kier alpha value is -3.03. The van der Waals surface area contributed by atoms with Gasteiger partial charge in [0.2, 0.25) is 0 Å². The molecule has 0 aromatic heterocycles. The monoisotopic (exact) mass is 367 g/mol. The second-order valence-corrected chi connectivity index (χ2v) is 5.68. The summed E-state index contributed by atoms with van der Waals surface area (Å²) in [4.78, 5) is 22.3. The molecule has 2 aromatic rings. The highest BCUT2D eigenvalue weighted by atomic mass is 19.4. The normalized spacial score (nSPS) is 12.4. The number of amides is 1. The third-order valence-electron chi connectivity index (χ3n) is 3.71. The van der Waals surface area contributed by atoms with Crippen molar-refractivity contribution in [2.24, 2.45) is 0 Å². The fraction of sp³-hybridized carbons (Fsp3) is 0.222. The van der Waals surface area contributed by atoms with Crippen molar-refractivity contribution in [1.29, 1.82) is 0 Å². The molecular weight excluding hydrogens is 351 g/mol. The first-order valence-electron chi connectivity index (χ1n) is 7.62. The highest BCUT2D eigenvalue weighted by Gasteiger charge is 2.40. The number of hydrogen-bond acceptors (Lipinski definition) is 3. The van der Waals surface area contributed by atoms with Crippen molar-refractivity contribution < 1.29 is 33.0 Å². The second kappa shape index (κ2) is 7.90. The molecule has 0 aliphatic carbocycles. The van der Waals surface area contributed by atoms with E-state index < -0.39 is 24.1 Å². The Bertz CT molecular complexity index is 791. The van der Waals surface area contributed by atoms with Crippen molar-refractivity contribution in [3.8, 4) is 5.75 Å². The first kappa shape index (κ1) is 19.3. The molecule has 0 unspecified atom stereocenters. The largest absolute Gasteiger partial charge is 0.508 e. The summed E-state index contributed by atoms with van der Waals surface area (Å²) in [5.74, 6) is -3.94. The minimum absolute atomic E-state index is 0.0501. The van der Waals surface area contributed by atoms with Gasteiger partial charge in [0, 0.05) is 6.42 Å². The van der Waals surface area contributed by atoms with Crippen molar-refractivity contribution in [2.75, 3.05) is 0 Å². The van der Waals surface area contributed by atoms with E-state index >= 15 is 0 Å². The average Bonchev–Trinajstić information content (AvgIpc) is 2.56. The van der Waals surface area contributed by atoms with Crippen molar-refractivity contribution >= 4 is 11.9 Å². The van der Waals surface area contributed by atoms with Crippen LogP contribution in [-0.2, 0) is 22.4 Å². The third-order valence-corrected chi connectivity index (χ3v) is 3.71. The molecule has 0 aliphatic rings. The number of aromatic hydroxyl groups is 1. The van der Waals surface area contributed by atoms with Gasteiger partial charge < -0.3 is 15.5 Å². The topological polar surface area (TPSA) is 86.6 Å². The van der Waals surface area contributed by atoms with E-state index in [0.717, 1.165) is 5.56 Å². The van der Waals surface area contributed by atoms with Gasteiger partial charge >= 0.3 is 18.1 Å². The molecule has 26 heavy (non-hydrogen) atoms. The van der Waals surface area contributed by atoms with E-state index in [9.17, 15) is 27.9 Å². The predicted molar refractivity (Wildman–Crippen MR) is 86.7 cm³/mol. The number of carbonyl (C=O) groups is 2. The van der Waals surface area contributed by atoms with E-state index in [1.807, 2.05) is 18.2 Å². The Balaban J connectivity index is 2.26. The number of hydrogen-bond donors (Lipinski definition) is 3. The number of carboxylic acids is 1. The maximum atomic E-state index is 12.4. The number of nitrogens with one attached hydrogen (secondary N) is 1. The lowest BCUT2D eigenvalue weighted by atomic mass is 9.95. The molecule has 5 nitrogen and oxygen atoms in total. The van der Waals surface area contributed by atoms with Crippen LogP contribution in [0.2, 0.25) is 0 Å². The van der Waals surface area contributed by atoms with Crippen LogP contribution in [0.1, 0.15) is 16.7 Å². The van der Waals surface area contributed by atoms with Crippen LogP contribution in [0.5, 0.6) is 5.75 Å². The molecule has 2 aromatic carbocycles. The summed E-state index contributed by atoms with van der Waals surface area (Å²) < 4.78 is 37.2. The molecule has 0 bridgehead atoms. The molecule has 0 spiro atoms. The summed E-state index contributed by atoms with van der Waals surface area (Å²) in [6.45, 7) is 0. The number of rotatable bonds is 6. The Morgan fingerprint density at radius 1 is 1.04 bits per heavy atom. The molecule has 1 amide bonds. The zero-order chi connectivity index (χ0) is 19.3. The number of halogens is 3. The minimum Gasteiger partial charge on any atom is -0.508 e. The number of phenols is 1. The zero-order valence-corrected chi connectivity index (χ0v) is 13.5. The molecule has 0 saturated heterocycles. The van der Waals surface area contributed by atoms with E-state index in [1.54, 1.807) is 12.1 Å². The SMILES string of the molecule is O=C(O)[C@H](Cc1ccc(O)cc1Cc1ccccc1)NC(=O)C(F)(F)F. The Kier molecular flexibility index (Phi) is 5.86. The lowest BCUT2D eigenvalue weighted by molar-refractivity contribution is -0.175. The molecule has 0 radical (unpaired) electrons. The maximum absolute atomic E-state index is 12.4. The first-order chi connectivity index (χ1) is 12.2. The first-order valence-corrected chi connectivity index (χ1v) is 7.62. The Morgan fingerprint density at radius 2 is 1.69 bits per heavy atom. The number of carboxylic acid groups (broad SMARTS) is 1. The molecule has 0 aliphatic heterocycles. The van der Waals surface area contributed by atoms with Crippen molar-refractivity contribution in [2.45, 2.75) is 25.1 Å². The fourth-order valence-corrected chi connectivity index (χ4v) is 2.45. The summed E-state index contributed by atoms with van der Waals surface area (Å²) >= 11 is 0. The van der Waals surface area contributed by atoms with E-state index in [-0.39, 0.29) is 12.2 Å². The summed E-state index contributed by atoms with van der Waals surface area (Å²) in [5.41, 5.74) is 1.86. The van der Waals surface area contributed by atoms with Gasteiger partial charge in [0.05, 0.1) is 0 Å². The van der Waals surface area contributed by atoms with E-state index in [0.29, 0.717) is 17.5 Å². The number of alkyl halides is 3. The van der Waals surface area contributed by atoms with Crippen LogP contribution in [-0.4, -0.2) is 34.3 Å². The summed E-state index contributed by atoms with van der Waals surface area (Å²) in [6.07, 6.45) is -5.17.